The fourth-order valence-corrected chi connectivity index (χ4v) is 1.98. The standard InChI is InChI=1S/C11H12ClN3OS/c12-11-10(14-15-17-11)8-16-7-1-2-9-3-5-13-6-4-9/h3-6H,1-2,7-8H2. The monoisotopic (exact) mass is 269 g/mol. The number of aromatic nitrogens is 3. The van der Waals surface area contributed by atoms with E-state index in [4.69, 9.17) is 16.3 Å². The molecule has 17 heavy (non-hydrogen) atoms. The molecule has 2 rings (SSSR count). The average Bonchev–Trinajstić information content (AvgIpc) is 2.76. The molecule has 6 heteroatoms. The fraction of sp³-hybridized carbons (Fsp3) is 0.364. The predicted octanol–water partition coefficient (Wildman–Crippen LogP) is 2.74. The van der Waals surface area contributed by atoms with Crippen LogP contribution in [0.4, 0.5) is 0 Å². The summed E-state index contributed by atoms with van der Waals surface area (Å²) in [4.78, 5) is 3.97. The summed E-state index contributed by atoms with van der Waals surface area (Å²) in [5, 5.41) is 3.87. The molecule has 0 spiro atoms. The summed E-state index contributed by atoms with van der Waals surface area (Å²) >= 11 is 7.04. The van der Waals surface area contributed by atoms with Crippen molar-refractivity contribution in [1.29, 1.82) is 0 Å². The Balaban J connectivity index is 1.63. The Kier molecular flexibility index (Phi) is 4.85. The van der Waals surface area contributed by atoms with Gasteiger partial charge in [-0.3, -0.25) is 4.98 Å². The number of hydrogen-bond acceptors (Lipinski definition) is 5. The summed E-state index contributed by atoms with van der Waals surface area (Å²) in [7, 11) is 0. The van der Waals surface area contributed by atoms with E-state index in [9.17, 15) is 0 Å². The Labute approximate surface area is 109 Å². The molecule has 0 aliphatic rings. The fourth-order valence-electron chi connectivity index (χ4n) is 1.38. The van der Waals surface area contributed by atoms with E-state index in [1.165, 1.54) is 17.1 Å². The molecule has 2 heterocycles. The molecule has 0 aromatic carbocycles. The van der Waals surface area contributed by atoms with Crippen LogP contribution in [0.5, 0.6) is 0 Å². The normalized spacial score (nSPS) is 10.6. The van der Waals surface area contributed by atoms with Gasteiger partial charge in [0.05, 0.1) is 6.61 Å². The molecule has 4 nitrogen and oxygen atoms in total. The van der Waals surface area contributed by atoms with Gasteiger partial charge in [0.25, 0.3) is 0 Å². The molecule has 0 unspecified atom stereocenters. The zero-order valence-corrected chi connectivity index (χ0v) is 10.7. The van der Waals surface area contributed by atoms with Crippen molar-refractivity contribution < 1.29 is 4.74 Å². The van der Waals surface area contributed by atoms with Crippen LogP contribution in [0, 0.1) is 0 Å². The van der Waals surface area contributed by atoms with E-state index in [2.05, 4.69) is 14.6 Å². The van der Waals surface area contributed by atoms with Gasteiger partial charge in [0.1, 0.15) is 10.0 Å². The van der Waals surface area contributed by atoms with Gasteiger partial charge >= 0.3 is 0 Å². The predicted molar refractivity (Wildman–Crippen MR) is 67.1 cm³/mol. The molecule has 0 radical (unpaired) electrons. The molecular weight excluding hydrogens is 258 g/mol. The third kappa shape index (κ3) is 4.03. The van der Waals surface area contributed by atoms with Gasteiger partial charge in [0.15, 0.2) is 0 Å². The first-order chi connectivity index (χ1) is 8.36. The van der Waals surface area contributed by atoms with Crippen molar-refractivity contribution in [3.05, 3.63) is 40.1 Å². The molecule has 0 saturated carbocycles. The average molecular weight is 270 g/mol. The maximum Gasteiger partial charge on any atom is 0.139 e. The Bertz CT molecular complexity index is 449. The molecule has 2 aromatic heterocycles. The van der Waals surface area contributed by atoms with E-state index in [0.29, 0.717) is 17.6 Å². The largest absolute Gasteiger partial charge is 0.375 e. The van der Waals surface area contributed by atoms with Crippen molar-refractivity contribution in [3.8, 4) is 0 Å². The zero-order valence-electron chi connectivity index (χ0n) is 9.17. The van der Waals surface area contributed by atoms with Crippen LogP contribution in [0.25, 0.3) is 0 Å². The highest BCUT2D eigenvalue weighted by atomic mass is 35.5. The lowest BCUT2D eigenvalue weighted by molar-refractivity contribution is 0.116. The molecule has 0 N–H and O–H groups in total. The van der Waals surface area contributed by atoms with E-state index in [-0.39, 0.29) is 0 Å². The number of rotatable bonds is 6. The Morgan fingerprint density at radius 1 is 1.29 bits per heavy atom. The van der Waals surface area contributed by atoms with Crippen LogP contribution < -0.4 is 0 Å². The van der Waals surface area contributed by atoms with Crippen molar-refractivity contribution in [2.24, 2.45) is 0 Å². The van der Waals surface area contributed by atoms with Gasteiger partial charge in [-0.15, -0.1) is 5.10 Å². The minimum atomic E-state index is 0.436. The molecule has 0 aliphatic carbocycles. The maximum absolute atomic E-state index is 5.86. The molecule has 0 bridgehead atoms. The number of nitrogens with zero attached hydrogens (tertiary/aromatic N) is 3. The molecular formula is C11H12ClN3OS. The number of ether oxygens (including phenoxy) is 1. The second-order valence-electron chi connectivity index (χ2n) is 3.50. The van der Waals surface area contributed by atoms with Crippen molar-refractivity contribution >= 4 is 23.1 Å². The topological polar surface area (TPSA) is 47.9 Å². The van der Waals surface area contributed by atoms with Crippen molar-refractivity contribution in [1.82, 2.24) is 14.6 Å². The molecule has 0 amide bonds. The van der Waals surface area contributed by atoms with Gasteiger partial charge in [0.2, 0.25) is 0 Å². The highest BCUT2D eigenvalue weighted by molar-refractivity contribution is 7.10. The summed E-state index contributed by atoms with van der Waals surface area (Å²) in [6.07, 6.45) is 5.57. The highest BCUT2D eigenvalue weighted by Crippen LogP contribution is 2.17. The summed E-state index contributed by atoms with van der Waals surface area (Å²) < 4.78 is 9.84. The minimum absolute atomic E-state index is 0.436. The van der Waals surface area contributed by atoms with Crippen LogP contribution in [0.2, 0.25) is 4.34 Å². The Morgan fingerprint density at radius 2 is 2.12 bits per heavy atom. The summed E-state index contributed by atoms with van der Waals surface area (Å²) in [6, 6.07) is 4.03. The zero-order chi connectivity index (χ0) is 11.9. The molecule has 2 aromatic rings. The molecule has 0 fully saturated rings. The maximum atomic E-state index is 5.86. The molecule has 0 aliphatic heterocycles. The Morgan fingerprint density at radius 3 is 2.82 bits per heavy atom. The quantitative estimate of drug-likeness (QED) is 0.757. The number of aryl methyl sites for hydroxylation is 1. The highest BCUT2D eigenvalue weighted by Gasteiger charge is 2.04. The van der Waals surface area contributed by atoms with Crippen LogP contribution in [-0.2, 0) is 17.8 Å². The van der Waals surface area contributed by atoms with Gasteiger partial charge in [0, 0.05) is 30.5 Å². The van der Waals surface area contributed by atoms with E-state index < -0.39 is 0 Å². The third-order valence-electron chi connectivity index (χ3n) is 2.25. The van der Waals surface area contributed by atoms with E-state index >= 15 is 0 Å². The molecule has 0 saturated heterocycles. The smallest absolute Gasteiger partial charge is 0.139 e. The van der Waals surface area contributed by atoms with Crippen LogP contribution >= 0.6 is 23.1 Å². The summed E-state index contributed by atoms with van der Waals surface area (Å²) in [5.41, 5.74) is 2.00. The molecule has 90 valence electrons. The van der Waals surface area contributed by atoms with Crippen LogP contribution in [0.3, 0.4) is 0 Å². The summed E-state index contributed by atoms with van der Waals surface area (Å²) in [5.74, 6) is 0. The Hall–Kier alpha value is -1.04. The number of pyridine rings is 1. The van der Waals surface area contributed by atoms with Gasteiger partial charge in [-0.25, -0.2) is 0 Å². The second kappa shape index (κ2) is 6.64. The van der Waals surface area contributed by atoms with Crippen LogP contribution in [-0.4, -0.2) is 21.2 Å². The lowest BCUT2D eigenvalue weighted by atomic mass is 10.1. The van der Waals surface area contributed by atoms with Crippen molar-refractivity contribution in [2.75, 3.05) is 6.61 Å². The first kappa shape index (κ1) is 12.4. The summed E-state index contributed by atoms with van der Waals surface area (Å²) in [6.45, 7) is 1.13. The lowest BCUT2D eigenvalue weighted by Gasteiger charge is -2.02. The SMILES string of the molecule is Clc1snnc1COCCCc1ccncc1. The minimum Gasteiger partial charge on any atom is -0.375 e. The second-order valence-corrected chi connectivity index (χ2v) is 4.86. The van der Waals surface area contributed by atoms with E-state index in [1.54, 1.807) is 12.4 Å². The van der Waals surface area contributed by atoms with Crippen molar-refractivity contribution in [3.63, 3.8) is 0 Å². The van der Waals surface area contributed by atoms with Crippen molar-refractivity contribution in [2.45, 2.75) is 19.4 Å². The first-order valence-electron chi connectivity index (χ1n) is 5.29. The number of hydrogen-bond donors (Lipinski definition) is 0. The van der Waals surface area contributed by atoms with Crippen LogP contribution in [0.15, 0.2) is 24.5 Å². The first-order valence-corrected chi connectivity index (χ1v) is 6.45. The van der Waals surface area contributed by atoms with Gasteiger partial charge < -0.3 is 4.74 Å². The molecule has 0 atom stereocenters. The van der Waals surface area contributed by atoms with Gasteiger partial charge in [-0.1, -0.05) is 16.1 Å². The van der Waals surface area contributed by atoms with E-state index in [0.717, 1.165) is 18.5 Å². The number of halogens is 1. The lowest BCUT2D eigenvalue weighted by Crippen LogP contribution is -1.98. The third-order valence-corrected chi connectivity index (χ3v) is 3.24. The van der Waals surface area contributed by atoms with E-state index in [1.807, 2.05) is 12.1 Å². The van der Waals surface area contributed by atoms with Gasteiger partial charge in [-0.2, -0.15) is 0 Å². The van der Waals surface area contributed by atoms with Crippen LogP contribution in [0.1, 0.15) is 17.7 Å². The van der Waals surface area contributed by atoms with Gasteiger partial charge in [-0.05, 0) is 30.5 Å².